The van der Waals surface area contributed by atoms with E-state index in [1.807, 2.05) is 0 Å². The number of carbonyl (C=O) groups is 3. The van der Waals surface area contributed by atoms with Gasteiger partial charge in [-0.1, -0.05) is 23.5 Å². The van der Waals surface area contributed by atoms with Gasteiger partial charge in [0.25, 0.3) is 5.69 Å². The number of carboxylic acid groups (broad SMARTS) is 1. The molecule has 1 saturated heterocycles. The van der Waals surface area contributed by atoms with Crippen molar-refractivity contribution in [3.05, 3.63) is 84.1 Å². The van der Waals surface area contributed by atoms with E-state index in [0.29, 0.717) is 33.2 Å². The van der Waals surface area contributed by atoms with Crippen LogP contribution in [-0.4, -0.2) is 49.5 Å². The van der Waals surface area contributed by atoms with Gasteiger partial charge in [-0.25, -0.2) is 4.39 Å². The highest BCUT2D eigenvalue weighted by molar-refractivity contribution is 8.00. The number of nitro groups is 1. The smallest absolute Gasteiger partial charge is 0.305 e. The minimum absolute atomic E-state index is 0.0686. The minimum atomic E-state index is -1.10. The molecule has 222 valence electrons. The maximum atomic E-state index is 13.6. The normalized spacial score (nSPS) is 28.5. The molecular weight excluding hydrogens is 601 g/mol. The van der Waals surface area contributed by atoms with Crippen molar-refractivity contribution in [1.82, 2.24) is 9.88 Å². The fourth-order valence-corrected chi connectivity index (χ4v) is 10.5. The van der Waals surface area contributed by atoms with E-state index in [1.165, 1.54) is 42.1 Å². The van der Waals surface area contributed by atoms with E-state index in [0.717, 1.165) is 16.2 Å². The largest absolute Gasteiger partial charge is 0.489 e. The van der Waals surface area contributed by atoms with Crippen LogP contribution in [0.1, 0.15) is 34.8 Å². The maximum absolute atomic E-state index is 13.6. The number of imide groups is 1. The van der Waals surface area contributed by atoms with Gasteiger partial charge in [0.05, 0.1) is 28.2 Å². The number of nitrogens with zero attached hydrogens (tertiary/aromatic N) is 2. The number of nitrogens with one attached hydrogen (secondary N) is 1. The van der Waals surface area contributed by atoms with E-state index in [4.69, 9.17) is 9.84 Å². The van der Waals surface area contributed by atoms with Crippen molar-refractivity contribution in [2.45, 2.75) is 35.6 Å². The van der Waals surface area contributed by atoms with E-state index in [9.17, 15) is 33.7 Å². The number of carbonyl (C=O) groups excluding carboxylic acids is 2. The molecular formula is C29H24FN3O8S2. The highest BCUT2D eigenvalue weighted by Crippen LogP contribution is 2.69. The summed E-state index contributed by atoms with van der Waals surface area (Å²) in [5.74, 6) is -4.21. The van der Waals surface area contributed by atoms with Crippen molar-refractivity contribution in [3.8, 4) is 5.75 Å². The first kappa shape index (κ1) is 27.8. The van der Waals surface area contributed by atoms with Crippen LogP contribution in [-0.2, 0) is 21.0 Å². The van der Waals surface area contributed by atoms with Crippen LogP contribution in [0.15, 0.2) is 52.3 Å². The van der Waals surface area contributed by atoms with Crippen LogP contribution in [0, 0.1) is 45.5 Å². The van der Waals surface area contributed by atoms with E-state index in [2.05, 4.69) is 4.98 Å². The Hall–Kier alpha value is -4.04. The Balaban J connectivity index is 1.30. The lowest BCUT2D eigenvalue weighted by atomic mass is 9.68. The summed E-state index contributed by atoms with van der Waals surface area (Å²) >= 11 is 2.50. The number of likely N-dealkylation sites (tertiary alicyclic amines) is 1. The quantitative estimate of drug-likeness (QED) is 0.214. The zero-order valence-electron chi connectivity index (χ0n) is 22.3. The van der Waals surface area contributed by atoms with Crippen molar-refractivity contribution in [3.63, 3.8) is 0 Å². The van der Waals surface area contributed by atoms with Crippen molar-refractivity contribution < 1.29 is 33.5 Å². The Kier molecular flexibility index (Phi) is 6.65. The topological polar surface area (TPSA) is 160 Å². The molecule has 0 radical (unpaired) electrons. The van der Waals surface area contributed by atoms with Crippen molar-refractivity contribution in [2.75, 3.05) is 6.54 Å². The second-order valence-corrected chi connectivity index (χ2v) is 13.5. The fraction of sp³-hybridized carbons (Fsp3) is 0.379. The summed E-state index contributed by atoms with van der Waals surface area (Å²) in [6.07, 6.45) is 0.274. The molecule has 3 fully saturated rings. The number of carboxylic acids is 1. The molecule has 1 aromatic heterocycles. The summed E-state index contributed by atoms with van der Waals surface area (Å²) in [6, 6.07) is 10.1. The Labute approximate surface area is 251 Å². The second kappa shape index (κ2) is 10.3. The zero-order valence-corrected chi connectivity index (χ0v) is 23.9. The van der Waals surface area contributed by atoms with Crippen LogP contribution in [0.2, 0.25) is 0 Å². The Morgan fingerprint density at radius 2 is 1.84 bits per heavy atom. The van der Waals surface area contributed by atoms with Gasteiger partial charge < -0.3 is 14.8 Å². The van der Waals surface area contributed by atoms with Crippen molar-refractivity contribution >= 4 is 46.6 Å². The number of H-pyrrole nitrogens is 1. The van der Waals surface area contributed by atoms with E-state index in [1.54, 1.807) is 12.1 Å². The van der Waals surface area contributed by atoms with Crippen LogP contribution in [0.25, 0.3) is 0 Å². The van der Waals surface area contributed by atoms with Crippen LogP contribution < -0.4 is 9.61 Å². The summed E-state index contributed by atoms with van der Waals surface area (Å²) in [5, 5.41) is 21.5. The van der Waals surface area contributed by atoms with Crippen molar-refractivity contribution in [1.29, 1.82) is 0 Å². The molecule has 14 heteroatoms. The van der Waals surface area contributed by atoms with Gasteiger partial charge in [-0.2, -0.15) is 0 Å². The standard InChI is InChI=1S/C29H24FN3O8S2/c30-13-3-1-12(2-4-13)11-41-18-6-5-14(33(39)40)9-15(18)20-21-16-10-17(24(21)42-26-25(20)43-29(38)31-26)23-22(16)27(36)32(28(23)37)8-7-19(34)35/h1-6,9,16-17,20-24H,7-8,10-11H2,(H,31,38)(H,34,35)/t16-,17+,20+,21+,22+,23+,24+/m0/s1. The number of hydrogen-bond acceptors (Lipinski definition) is 9. The molecule has 2 saturated carbocycles. The highest BCUT2D eigenvalue weighted by atomic mass is 32.2. The van der Waals surface area contributed by atoms with Crippen LogP contribution in [0.4, 0.5) is 10.1 Å². The monoisotopic (exact) mass is 625 g/mol. The predicted molar refractivity (Wildman–Crippen MR) is 151 cm³/mol. The molecule has 7 rings (SSSR count). The summed E-state index contributed by atoms with van der Waals surface area (Å²) < 4.78 is 19.6. The number of rotatable bonds is 8. The number of aromatic amines is 1. The number of aromatic nitrogens is 1. The van der Waals surface area contributed by atoms with Gasteiger partial charge in [-0.05, 0) is 47.9 Å². The molecule has 3 heterocycles. The Morgan fingerprint density at radius 1 is 1.12 bits per heavy atom. The van der Waals surface area contributed by atoms with Gasteiger partial charge in [0.2, 0.25) is 11.8 Å². The average Bonchev–Trinajstić information content (AvgIpc) is 3.70. The Morgan fingerprint density at radius 3 is 2.53 bits per heavy atom. The summed E-state index contributed by atoms with van der Waals surface area (Å²) in [6.45, 7) is -0.114. The molecule has 0 unspecified atom stereocenters. The molecule has 0 spiro atoms. The lowest BCUT2D eigenvalue weighted by Crippen LogP contribution is -2.42. The molecule has 4 aliphatic rings. The third-order valence-electron chi connectivity index (χ3n) is 9.21. The first-order valence-electron chi connectivity index (χ1n) is 13.7. The third kappa shape index (κ3) is 4.46. The van der Waals surface area contributed by atoms with Crippen molar-refractivity contribution in [2.24, 2.45) is 29.6 Å². The first-order chi connectivity index (χ1) is 20.6. The van der Waals surface area contributed by atoms with E-state index in [-0.39, 0.29) is 65.0 Å². The lowest BCUT2D eigenvalue weighted by molar-refractivity contribution is -0.385. The van der Waals surface area contributed by atoms with E-state index < -0.39 is 34.5 Å². The Bertz CT molecular complexity index is 1740. The van der Waals surface area contributed by atoms with Crippen LogP contribution >= 0.6 is 23.1 Å². The van der Waals surface area contributed by atoms with Gasteiger partial charge in [-0.3, -0.25) is 34.2 Å². The molecule has 2 N–H and O–H groups in total. The molecule has 2 bridgehead atoms. The number of non-ortho nitro benzene ring substituents is 1. The molecule has 2 aliphatic heterocycles. The number of amides is 2. The number of thiazole rings is 1. The van der Waals surface area contributed by atoms with Gasteiger partial charge in [-0.15, -0.1) is 11.8 Å². The second-order valence-electron chi connectivity index (χ2n) is 11.3. The number of fused-ring (bicyclic) bond motifs is 9. The van der Waals surface area contributed by atoms with E-state index >= 15 is 0 Å². The number of halogens is 1. The molecule has 2 aromatic carbocycles. The van der Waals surface area contributed by atoms with Gasteiger partial charge in [0, 0.05) is 40.3 Å². The number of nitro benzene ring substituents is 1. The molecule has 7 atom stereocenters. The molecule has 3 aromatic rings. The minimum Gasteiger partial charge on any atom is -0.489 e. The molecule has 43 heavy (non-hydrogen) atoms. The fourth-order valence-electron chi connectivity index (χ4n) is 7.62. The van der Waals surface area contributed by atoms with Crippen LogP contribution in [0.3, 0.4) is 0 Å². The number of ether oxygens (including phenoxy) is 1. The summed E-state index contributed by atoms with van der Waals surface area (Å²) in [5.41, 5.74) is 1.04. The number of hydrogen-bond donors (Lipinski definition) is 2. The highest BCUT2D eigenvalue weighted by Gasteiger charge is 2.69. The average molecular weight is 626 g/mol. The van der Waals surface area contributed by atoms with Gasteiger partial charge in [0.1, 0.15) is 18.2 Å². The summed E-state index contributed by atoms with van der Waals surface area (Å²) in [4.78, 5) is 66.6. The summed E-state index contributed by atoms with van der Waals surface area (Å²) in [7, 11) is 0. The maximum Gasteiger partial charge on any atom is 0.305 e. The van der Waals surface area contributed by atoms with Gasteiger partial charge >= 0.3 is 10.8 Å². The first-order valence-corrected chi connectivity index (χ1v) is 15.4. The number of thioether (sulfide) groups is 1. The molecule has 2 aliphatic carbocycles. The van der Waals surface area contributed by atoms with Gasteiger partial charge in [0.15, 0.2) is 0 Å². The van der Waals surface area contributed by atoms with Crippen LogP contribution in [0.5, 0.6) is 5.75 Å². The predicted octanol–water partition coefficient (Wildman–Crippen LogP) is 4.01. The number of benzene rings is 2. The molecule has 2 amide bonds. The lowest BCUT2D eigenvalue weighted by Gasteiger charge is -2.43. The SMILES string of the molecule is O=C(O)CCN1C(=O)[C@@H]2[C@H]3C[C@@H]([C@H]4Sc5[nH]c(=O)sc5[C@H](c5cc([N+](=O)[O-])ccc5OCc5ccc(F)cc5)[C@@H]34)[C@H]2C1=O. The third-order valence-corrected chi connectivity index (χ3v) is 11.8. The number of aliphatic carboxylic acids is 1. The zero-order chi connectivity index (χ0) is 30.2. The molecule has 11 nitrogen and oxygen atoms in total.